The second-order valence-electron chi connectivity index (χ2n) is 7.04. The van der Waals surface area contributed by atoms with Crippen LogP contribution < -0.4 is 5.32 Å². The highest BCUT2D eigenvalue weighted by atomic mass is 16.5. The first-order valence-electron chi connectivity index (χ1n) is 9.90. The van der Waals surface area contributed by atoms with Crippen molar-refractivity contribution in [1.29, 1.82) is 0 Å². The molecule has 6 nitrogen and oxygen atoms in total. The molecule has 1 heterocycles. The van der Waals surface area contributed by atoms with Gasteiger partial charge in [0, 0.05) is 25.1 Å². The van der Waals surface area contributed by atoms with E-state index in [0.29, 0.717) is 18.7 Å². The molecule has 1 aliphatic carbocycles. The topological polar surface area (TPSA) is 88.5 Å². The minimum atomic E-state index is -1.03. The van der Waals surface area contributed by atoms with Crippen molar-refractivity contribution < 1.29 is 19.4 Å². The third-order valence-electron chi connectivity index (χ3n) is 5.09. The Hall–Kier alpha value is -4.11. The zero-order chi connectivity index (χ0) is 21.6. The van der Waals surface area contributed by atoms with Gasteiger partial charge in [-0.3, -0.25) is 0 Å². The van der Waals surface area contributed by atoms with Crippen LogP contribution in [0.25, 0.3) is 11.1 Å². The number of benzene rings is 2. The lowest BCUT2D eigenvalue weighted by Gasteiger charge is -2.14. The van der Waals surface area contributed by atoms with E-state index in [2.05, 4.69) is 46.4 Å². The fourth-order valence-electron chi connectivity index (χ4n) is 3.66. The Bertz CT molecular complexity index is 1150. The van der Waals surface area contributed by atoms with Crippen molar-refractivity contribution in [3.63, 3.8) is 0 Å². The molecular formula is C25H20N2O4. The van der Waals surface area contributed by atoms with E-state index in [0.717, 1.165) is 0 Å². The van der Waals surface area contributed by atoms with Crippen LogP contribution >= 0.6 is 0 Å². The molecule has 2 aromatic carbocycles. The fraction of sp³-hybridized carbons (Fsp3) is 0.160. The Morgan fingerprint density at radius 1 is 1.03 bits per heavy atom. The lowest BCUT2D eigenvalue weighted by Crippen LogP contribution is -2.26. The minimum absolute atomic E-state index is 0.0190. The van der Waals surface area contributed by atoms with E-state index >= 15 is 0 Å². The summed E-state index contributed by atoms with van der Waals surface area (Å²) in [6, 6.07) is 19.2. The second kappa shape index (κ2) is 9.14. The van der Waals surface area contributed by atoms with Gasteiger partial charge in [-0.05, 0) is 40.3 Å². The lowest BCUT2D eigenvalue weighted by atomic mass is 9.98. The molecule has 0 bridgehead atoms. The smallest absolute Gasteiger partial charge is 0.407 e. The third-order valence-corrected chi connectivity index (χ3v) is 5.09. The third kappa shape index (κ3) is 4.57. The number of carboxylic acid groups (broad SMARTS) is 1. The summed E-state index contributed by atoms with van der Waals surface area (Å²) < 4.78 is 5.47. The first kappa shape index (κ1) is 20.2. The van der Waals surface area contributed by atoms with Crippen LogP contribution in [0.2, 0.25) is 0 Å². The number of carbonyl (C=O) groups excluding carboxylic acids is 1. The summed E-state index contributed by atoms with van der Waals surface area (Å²) >= 11 is 0. The predicted molar refractivity (Wildman–Crippen MR) is 116 cm³/mol. The predicted octanol–water partition coefficient (Wildman–Crippen LogP) is 4.06. The molecule has 2 N–H and O–H groups in total. The molecule has 154 valence electrons. The standard InChI is InChI=1S/C25H20N2O4/c28-24(29)17-12-14-26-18(15-17)7-5-6-13-27-25(30)31-16-23-21-10-3-1-8-19(21)20-9-2-4-11-22(20)23/h1-4,8-12,14-15,23H,6,13,16H2,(H,27,30)(H,28,29). The van der Waals surface area contributed by atoms with Crippen LogP contribution in [0.15, 0.2) is 66.9 Å². The van der Waals surface area contributed by atoms with Crippen molar-refractivity contribution in [2.45, 2.75) is 12.3 Å². The number of fused-ring (bicyclic) bond motifs is 3. The number of aromatic carboxylic acids is 1. The molecule has 0 saturated heterocycles. The van der Waals surface area contributed by atoms with E-state index in [4.69, 9.17) is 9.84 Å². The van der Waals surface area contributed by atoms with Gasteiger partial charge in [-0.25, -0.2) is 14.6 Å². The number of nitrogens with zero attached hydrogens (tertiary/aromatic N) is 1. The molecule has 0 spiro atoms. The maximum Gasteiger partial charge on any atom is 0.407 e. The van der Waals surface area contributed by atoms with Gasteiger partial charge in [0.05, 0.1) is 5.56 Å². The molecule has 3 aromatic rings. The summed E-state index contributed by atoms with van der Waals surface area (Å²) in [5, 5.41) is 11.7. The summed E-state index contributed by atoms with van der Waals surface area (Å²) in [7, 11) is 0. The van der Waals surface area contributed by atoms with Crippen LogP contribution in [-0.2, 0) is 4.74 Å². The van der Waals surface area contributed by atoms with Crippen molar-refractivity contribution in [1.82, 2.24) is 10.3 Å². The van der Waals surface area contributed by atoms with Crippen LogP contribution in [0.4, 0.5) is 4.79 Å². The molecule has 0 aliphatic heterocycles. The van der Waals surface area contributed by atoms with Crippen LogP contribution in [0.5, 0.6) is 0 Å². The quantitative estimate of drug-likeness (QED) is 0.487. The molecule has 1 amide bonds. The highest BCUT2D eigenvalue weighted by Gasteiger charge is 2.28. The van der Waals surface area contributed by atoms with Crippen LogP contribution in [0.3, 0.4) is 0 Å². The number of hydrogen-bond acceptors (Lipinski definition) is 4. The van der Waals surface area contributed by atoms with Gasteiger partial charge in [0.15, 0.2) is 0 Å². The molecule has 6 heteroatoms. The number of pyridine rings is 1. The molecular weight excluding hydrogens is 392 g/mol. The maximum absolute atomic E-state index is 12.1. The first-order chi connectivity index (χ1) is 15.1. The molecule has 1 aliphatic rings. The zero-order valence-electron chi connectivity index (χ0n) is 16.7. The Kier molecular flexibility index (Phi) is 5.95. The van der Waals surface area contributed by atoms with Gasteiger partial charge >= 0.3 is 12.1 Å². The number of amides is 1. The van der Waals surface area contributed by atoms with E-state index in [9.17, 15) is 9.59 Å². The van der Waals surface area contributed by atoms with Crippen LogP contribution in [-0.4, -0.2) is 35.3 Å². The molecule has 0 unspecified atom stereocenters. The summed E-state index contributed by atoms with van der Waals surface area (Å²) in [5.41, 5.74) is 5.21. The van der Waals surface area contributed by atoms with Gasteiger partial charge in [-0.1, -0.05) is 54.5 Å². The monoisotopic (exact) mass is 412 g/mol. The Labute approximate surface area is 179 Å². The summed E-state index contributed by atoms with van der Waals surface area (Å²) in [4.78, 5) is 27.1. The number of aromatic nitrogens is 1. The number of rotatable bonds is 5. The van der Waals surface area contributed by atoms with Gasteiger partial charge in [0.1, 0.15) is 12.3 Å². The highest BCUT2D eigenvalue weighted by molar-refractivity contribution is 5.87. The van der Waals surface area contributed by atoms with Gasteiger partial charge < -0.3 is 15.2 Å². The van der Waals surface area contributed by atoms with E-state index in [-0.39, 0.29) is 18.1 Å². The maximum atomic E-state index is 12.1. The first-order valence-corrected chi connectivity index (χ1v) is 9.90. The summed E-state index contributed by atoms with van der Waals surface area (Å²) in [6.07, 6.45) is 1.31. The normalized spacial score (nSPS) is 11.6. The van der Waals surface area contributed by atoms with Crippen molar-refractivity contribution >= 4 is 12.1 Å². The fourth-order valence-corrected chi connectivity index (χ4v) is 3.66. The summed E-state index contributed by atoms with van der Waals surface area (Å²) in [6.45, 7) is 0.583. The van der Waals surface area contributed by atoms with E-state index < -0.39 is 12.1 Å². The van der Waals surface area contributed by atoms with Gasteiger partial charge in [-0.15, -0.1) is 0 Å². The highest BCUT2D eigenvalue weighted by Crippen LogP contribution is 2.44. The number of nitrogens with one attached hydrogen (secondary N) is 1. The average molecular weight is 412 g/mol. The number of carboxylic acids is 1. The molecule has 0 atom stereocenters. The molecule has 31 heavy (non-hydrogen) atoms. The van der Waals surface area contributed by atoms with Crippen LogP contribution in [0.1, 0.15) is 39.5 Å². The molecule has 4 rings (SSSR count). The Morgan fingerprint density at radius 2 is 1.71 bits per heavy atom. The largest absolute Gasteiger partial charge is 0.478 e. The zero-order valence-corrected chi connectivity index (χ0v) is 16.7. The van der Waals surface area contributed by atoms with Crippen molar-refractivity contribution in [2.75, 3.05) is 13.2 Å². The van der Waals surface area contributed by atoms with E-state index in [1.807, 2.05) is 24.3 Å². The van der Waals surface area contributed by atoms with Gasteiger partial charge in [0.25, 0.3) is 0 Å². The second-order valence-corrected chi connectivity index (χ2v) is 7.04. The minimum Gasteiger partial charge on any atom is -0.478 e. The number of hydrogen-bond donors (Lipinski definition) is 2. The molecule has 0 fully saturated rings. The Morgan fingerprint density at radius 3 is 2.39 bits per heavy atom. The SMILES string of the molecule is O=C(NCCC#Cc1cc(C(=O)O)ccn1)OCC1c2ccccc2-c2ccccc21. The number of alkyl carbamates (subject to hydrolysis) is 1. The van der Waals surface area contributed by atoms with Gasteiger partial charge in [0.2, 0.25) is 0 Å². The van der Waals surface area contributed by atoms with Gasteiger partial charge in [-0.2, -0.15) is 0 Å². The number of carbonyl (C=O) groups is 2. The lowest BCUT2D eigenvalue weighted by molar-refractivity contribution is 0.0696. The average Bonchev–Trinajstić information content (AvgIpc) is 3.11. The molecule has 1 aromatic heterocycles. The molecule has 0 radical (unpaired) electrons. The number of ether oxygens (including phenoxy) is 1. The van der Waals surface area contributed by atoms with Crippen LogP contribution in [0, 0.1) is 11.8 Å². The summed E-state index contributed by atoms with van der Waals surface area (Å²) in [5.74, 6) is 4.66. The Balaban J connectivity index is 1.28. The van der Waals surface area contributed by atoms with Crippen molar-refractivity contribution in [3.8, 4) is 23.0 Å². The van der Waals surface area contributed by atoms with E-state index in [1.165, 1.54) is 40.6 Å². The molecule has 0 saturated carbocycles. The van der Waals surface area contributed by atoms with Crippen molar-refractivity contribution in [3.05, 3.63) is 89.2 Å². The van der Waals surface area contributed by atoms with E-state index in [1.54, 1.807) is 0 Å². The van der Waals surface area contributed by atoms with Crippen molar-refractivity contribution in [2.24, 2.45) is 0 Å².